The van der Waals surface area contributed by atoms with Gasteiger partial charge in [-0.3, -0.25) is 0 Å². The van der Waals surface area contributed by atoms with E-state index in [0.29, 0.717) is 28.0 Å². The zero-order valence-electron chi connectivity index (χ0n) is 14.5. The number of aryl methyl sites for hydroxylation is 3. The Bertz CT molecular complexity index is 932. The molecular weight excluding hydrogens is 360 g/mol. The lowest BCUT2D eigenvalue weighted by atomic mass is 10.2. The van der Waals surface area contributed by atoms with Crippen LogP contribution in [-0.4, -0.2) is 22.8 Å². The van der Waals surface area contributed by atoms with E-state index in [-0.39, 0.29) is 19.1 Å². The highest BCUT2D eigenvalue weighted by Crippen LogP contribution is 2.25. The molecule has 7 nitrogen and oxygen atoms in total. The van der Waals surface area contributed by atoms with Crippen LogP contribution in [0.1, 0.15) is 23.0 Å². The third-order valence-corrected chi connectivity index (χ3v) is 4.01. The monoisotopic (exact) mass is 376 g/mol. The number of halogens is 1. The summed E-state index contributed by atoms with van der Waals surface area (Å²) in [6, 6.07) is 6.94. The van der Waals surface area contributed by atoms with Crippen molar-refractivity contribution in [2.24, 2.45) is 0 Å². The molecule has 0 spiro atoms. The van der Waals surface area contributed by atoms with E-state index in [1.807, 2.05) is 20.8 Å². The fourth-order valence-corrected chi connectivity index (χ4v) is 2.41. The van der Waals surface area contributed by atoms with E-state index in [9.17, 15) is 4.79 Å². The molecular formula is C18H17ClN2O5. The molecule has 0 bridgehead atoms. The second kappa shape index (κ2) is 7.61. The smallest absolute Gasteiger partial charge is 0.344 e. The van der Waals surface area contributed by atoms with Crippen molar-refractivity contribution in [3.8, 4) is 17.2 Å². The fourth-order valence-electron chi connectivity index (χ4n) is 2.30. The second-order valence-corrected chi connectivity index (χ2v) is 6.10. The fraction of sp³-hybridized carbons (Fsp3) is 0.278. The number of furan rings is 1. The first kappa shape index (κ1) is 18.0. The number of carbonyl (C=O) groups excluding carboxylic acids is 1. The van der Waals surface area contributed by atoms with E-state index in [1.165, 1.54) is 0 Å². The van der Waals surface area contributed by atoms with Gasteiger partial charge in [0.05, 0.1) is 5.56 Å². The molecule has 1 aromatic carbocycles. The van der Waals surface area contributed by atoms with Gasteiger partial charge in [-0.05, 0) is 50.6 Å². The van der Waals surface area contributed by atoms with Crippen LogP contribution in [0.15, 0.2) is 33.1 Å². The number of ether oxygens (including phenoxy) is 2. The standard InChI is InChI=1S/C18H17ClN2O5/c1-10-6-13(4-5-15(10)19)23-9-17(22)24-8-16-20-21-18(26-16)14-7-11(2)25-12(14)3/h4-7H,8-9H2,1-3H3. The number of nitrogens with zero attached hydrogens (tertiary/aromatic N) is 2. The highest BCUT2D eigenvalue weighted by atomic mass is 35.5. The van der Waals surface area contributed by atoms with Crippen molar-refractivity contribution in [3.05, 3.63) is 52.3 Å². The third-order valence-electron chi connectivity index (χ3n) is 3.58. The minimum atomic E-state index is -0.548. The van der Waals surface area contributed by atoms with Gasteiger partial charge in [-0.2, -0.15) is 0 Å². The number of hydrogen-bond donors (Lipinski definition) is 0. The molecule has 0 N–H and O–H groups in total. The number of esters is 1. The van der Waals surface area contributed by atoms with Crippen LogP contribution in [0.3, 0.4) is 0 Å². The summed E-state index contributed by atoms with van der Waals surface area (Å²) in [4.78, 5) is 11.8. The van der Waals surface area contributed by atoms with Crippen LogP contribution in [0.2, 0.25) is 5.02 Å². The van der Waals surface area contributed by atoms with E-state index in [2.05, 4.69) is 10.2 Å². The topological polar surface area (TPSA) is 87.6 Å². The van der Waals surface area contributed by atoms with Gasteiger partial charge in [-0.25, -0.2) is 4.79 Å². The Morgan fingerprint density at radius 3 is 2.65 bits per heavy atom. The van der Waals surface area contributed by atoms with Crippen LogP contribution in [0.4, 0.5) is 0 Å². The van der Waals surface area contributed by atoms with Gasteiger partial charge in [0.1, 0.15) is 17.3 Å². The first-order chi connectivity index (χ1) is 12.4. The van der Waals surface area contributed by atoms with E-state index in [1.54, 1.807) is 24.3 Å². The SMILES string of the molecule is Cc1cc(-c2nnc(COC(=O)COc3ccc(Cl)c(C)c3)o2)c(C)o1. The highest BCUT2D eigenvalue weighted by molar-refractivity contribution is 6.31. The lowest BCUT2D eigenvalue weighted by Crippen LogP contribution is -2.14. The highest BCUT2D eigenvalue weighted by Gasteiger charge is 2.15. The summed E-state index contributed by atoms with van der Waals surface area (Å²) in [5, 5.41) is 8.44. The summed E-state index contributed by atoms with van der Waals surface area (Å²) in [6.07, 6.45) is 0. The van der Waals surface area contributed by atoms with E-state index in [4.69, 9.17) is 29.9 Å². The van der Waals surface area contributed by atoms with Crippen molar-refractivity contribution in [1.29, 1.82) is 0 Å². The molecule has 2 heterocycles. The normalized spacial score (nSPS) is 10.8. The van der Waals surface area contributed by atoms with Crippen LogP contribution < -0.4 is 4.74 Å². The average molecular weight is 377 g/mol. The molecule has 136 valence electrons. The van der Waals surface area contributed by atoms with Gasteiger partial charge >= 0.3 is 5.97 Å². The van der Waals surface area contributed by atoms with Gasteiger partial charge in [-0.1, -0.05) is 11.6 Å². The third kappa shape index (κ3) is 4.23. The molecule has 8 heteroatoms. The number of benzene rings is 1. The molecule has 0 aliphatic heterocycles. The predicted octanol–water partition coefficient (Wildman–Crippen LogP) is 4.03. The lowest BCUT2D eigenvalue weighted by Gasteiger charge is -2.07. The second-order valence-electron chi connectivity index (χ2n) is 5.69. The molecule has 0 radical (unpaired) electrons. The van der Waals surface area contributed by atoms with Crippen molar-refractivity contribution >= 4 is 17.6 Å². The van der Waals surface area contributed by atoms with E-state index in [0.717, 1.165) is 11.3 Å². The maximum Gasteiger partial charge on any atom is 0.344 e. The minimum Gasteiger partial charge on any atom is -0.482 e. The van der Waals surface area contributed by atoms with Crippen LogP contribution in [-0.2, 0) is 16.1 Å². The molecule has 0 saturated heterocycles. The van der Waals surface area contributed by atoms with Crippen molar-refractivity contribution < 1.29 is 23.1 Å². The predicted molar refractivity (Wildman–Crippen MR) is 93.0 cm³/mol. The number of aromatic nitrogens is 2. The molecule has 3 aromatic rings. The Hall–Kier alpha value is -2.80. The molecule has 0 amide bonds. The summed E-state index contributed by atoms with van der Waals surface area (Å²) >= 11 is 5.94. The van der Waals surface area contributed by atoms with Crippen molar-refractivity contribution in [1.82, 2.24) is 10.2 Å². The quantitative estimate of drug-likeness (QED) is 0.600. The number of rotatable bonds is 6. The average Bonchev–Trinajstić information content (AvgIpc) is 3.20. The summed E-state index contributed by atoms with van der Waals surface area (Å²) in [5.74, 6) is 1.93. The first-order valence-corrected chi connectivity index (χ1v) is 8.24. The zero-order valence-corrected chi connectivity index (χ0v) is 15.3. The van der Waals surface area contributed by atoms with Gasteiger partial charge in [0.25, 0.3) is 11.8 Å². The Kier molecular flexibility index (Phi) is 5.27. The summed E-state index contributed by atoms with van der Waals surface area (Å²) in [7, 11) is 0. The molecule has 0 fully saturated rings. The minimum absolute atomic E-state index is 0.134. The zero-order chi connectivity index (χ0) is 18.7. The molecule has 0 atom stereocenters. The van der Waals surface area contributed by atoms with Gasteiger partial charge in [-0.15, -0.1) is 10.2 Å². The summed E-state index contributed by atoms with van der Waals surface area (Å²) < 4.78 is 21.4. The van der Waals surface area contributed by atoms with Crippen LogP contribution in [0.5, 0.6) is 5.75 Å². The molecule has 0 aliphatic rings. The summed E-state index contributed by atoms with van der Waals surface area (Å²) in [5.41, 5.74) is 1.58. The Labute approximate surface area is 154 Å². The number of carbonyl (C=O) groups is 1. The molecule has 0 aliphatic carbocycles. The van der Waals surface area contributed by atoms with E-state index >= 15 is 0 Å². The van der Waals surface area contributed by atoms with Gasteiger partial charge in [0.15, 0.2) is 13.2 Å². The Morgan fingerprint density at radius 2 is 1.96 bits per heavy atom. The first-order valence-electron chi connectivity index (χ1n) is 7.86. The van der Waals surface area contributed by atoms with Gasteiger partial charge in [0, 0.05) is 5.02 Å². The van der Waals surface area contributed by atoms with Crippen molar-refractivity contribution in [2.75, 3.05) is 6.61 Å². The molecule has 0 unspecified atom stereocenters. The van der Waals surface area contributed by atoms with Crippen molar-refractivity contribution in [2.45, 2.75) is 27.4 Å². The lowest BCUT2D eigenvalue weighted by molar-refractivity contribution is -0.148. The van der Waals surface area contributed by atoms with Gasteiger partial charge in [0.2, 0.25) is 0 Å². The Balaban J connectivity index is 1.52. The molecule has 3 rings (SSSR count). The van der Waals surface area contributed by atoms with Gasteiger partial charge < -0.3 is 18.3 Å². The van der Waals surface area contributed by atoms with Crippen LogP contribution >= 0.6 is 11.6 Å². The molecule has 0 saturated carbocycles. The number of hydrogen-bond acceptors (Lipinski definition) is 7. The maximum atomic E-state index is 11.8. The van der Waals surface area contributed by atoms with E-state index < -0.39 is 5.97 Å². The molecule has 2 aromatic heterocycles. The maximum absolute atomic E-state index is 11.8. The van der Waals surface area contributed by atoms with Crippen molar-refractivity contribution in [3.63, 3.8) is 0 Å². The largest absolute Gasteiger partial charge is 0.482 e. The summed E-state index contributed by atoms with van der Waals surface area (Å²) in [6.45, 7) is 5.12. The van der Waals surface area contributed by atoms with Crippen LogP contribution in [0.25, 0.3) is 11.5 Å². The Morgan fingerprint density at radius 1 is 1.15 bits per heavy atom. The molecule has 26 heavy (non-hydrogen) atoms. The van der Waals surface area contributed by atoms with Crippen LogP contribution in [0, 0.1) is 20.8 Å².